The number of phenolic OH excluding ortho intramolecular Hbond substituents is 1. The number of carbonyl (C=O) groups is 3. The minimum Gasteiger partial charge on any atom is -0.508 e. The molecule has 2 aromatic rings. The van der Waals surface area contributed by atoms with Crippen molar-refractivity contribution in [1.29, 1.82) is 0 Å². The Labute approximate surface area is 225 Å². The van der Waals surface area contributed by atoms with Crippen molar-refractivity contribution in [3.8, 4) is 16.9 Å². The molecule has 1 amide bonds. The van der Waals surface area contributed by atoms with Gasteiger partial charge in [-0.2, -0.15) is 0 Å². The van der Waals surface area contributed by atoms with E-state index in [0.717, 1.165) is 16.7 Å². The second-order valence-corrected chi connectivity index (χ2v) is 11.2. The highest BCUT2D eigenvalue weighted by atomic mass is 16.3. The Hall–Kier alpha value is -3.95. The molecule has 4 atom stereocenters. The number of aliphatic hydroxyl groups is 3. The van der Waals surface area contributed by atoms with E-state index in [1.54, 1.807) is 20.2 Å². The number of nitrogens with two attached hydrogens (primary N) is 1. The maximum Gasteiger partial charge on any atom is 0.255 e. The minimum absolute atomic E-state index is 0.0485. The Morgan fingerprint density at radius 3 is 2.41 bits per heavy atom. The summed E-state index contributed by atoms with van der Waals surface area (Å²) >= 11 is 0. The van der Waals surface area contributed by atoms with Gasteiger partial charge in [-0.15, -0.1) is 0 Å². The zero-order valence-electron chi connectivity index (χ0n) is 22.2. The molecule has 0 aliphatic heterocycles. The number of benzene rings is 2. The Balaban J connectivity index is 1.73. The molecule has 0 aromatic heterocycles. The van der Waals surface area contributed by atoms with Gasteiger partial charge in [-0.1, -0.05) is 44.2 Å². The molecule has 9 heteroatoms. The third-order valence-electron chi connectivity index (χ3n) is 8.47. The van der Waals surface area contributed by atoms with Crippen LogP contribution in [0.3, 0.4) is 0 Å². The van der Waals surface area contributed by atoms with Gasteiger partial charge < -0.3 is 26.2 Å². The summed E-state index contributed by atoms with van der Waals surface area (Å²) in [5.41, 5.74) is 5.24. The van der Waals surface area contributed by atoms with Crippen LogP contribution in [-0.4, -0.2) is 68.5 Å². The summed E-state index contributed by atoms with van der Waals surface area (Å²) < 4.78 is 0. The summed E-state index contributed by atoms with van der Waals surface area (Å²) in [6.45, 7) is 4.17. The van der Waals surface area contributed by atoms with Crippen LogP contribution in [-0.2, 0) is 20.8 Å². The molecule has 2 aromatic carbocycles. The first kappa shape index (κ1) is 26.6. The third kappa shape index (κ3) is 3.71. The van der Waals surface area contributed by atoms with Gasteiger partial charge in [-0.25, -0.2) is 0 Å². The van der Waals surface area contributed by atoms with Crippen molar-refractivity contribution in [2.45, 2.75) is 44.2 Å². The van der Waals surface area contributed by atoms with Crippen molar-refractivity contribution in [2.24, 2.45) is 17.6 Å². The largest absolute Gasteiger partial charge is 0.508 e. The van der Waals surface area contributed by atoms with Crippen molar-refractivity contribution in [1.82, 2.24) is 4.90 Å². The molecular formula is C30H32N2O7. The summed E-state index contributed by atoms with van der Waals surface area (Å²) in [7, 11) is 3.15. The monoisotopic (exact) mass is 532 g/mol. The Bertz CT molecular complexity index is 1500. The first-order valence-electron chi connectivity index (χ1n) is 12.9. The third-order valence-corrected chi connectivity index (χ3v) is 8.47. The molecule has 0 spiro atoms. The van der Waals surface area contributed by atoms with Crippen LogP contribution >= 0.6 is 0 Å². The highest BCUT2D eigenvalue weighted by Crippen LogP contribution is 2.53. The van der Waals surface area contributed by atoms with Crippen LogP contribution in [0.1, 0.15) is 42.9 Å². The number of hydrogen-bond donors (Lipinski definition) is 5. The van der Waals surface area contributed by atoms with E-state index < -0.39 is 58.0 Å². The van der Waals surface area contributed by atoms with Gasteiger partial charge >= 0.3 is 0 Å². The summed E-state index contributed by atoms with van der Waals surface area (Å²) in [6, 6.07) is 10.1. The molecule has 0 radical (unpaired) electrons. The van der Waals surface area contributed by atoms with Gasteiger partial charge in [0.25, 0.3) is 5.91 Å². The average molecular weight is 533 g/mol. The number of nitrogens with zero attached hydrogens (tertiary/aromatic N) is 1. The van der Waals surface area contributed by atoms with Crippen molar-refractivity contribution in [3.05, 3.63) is 70.0 Å². The molecule has 9 nitrogen and oxygen atoms in total. The van der Waals surface area contributed by atoms with Gasteiger partial charge in [-0.3, -0.25) is 19.3 Å². The summed E-state index contributed by atoms with van der Waals surface area (Å²) in [4.78, 5) is 40.8. The van der Waals surface area contributed by atoms with Crippen LogP contribution in [0.25, 0.3) is 16.9 Å². The maximum absolute atomic E-state index is 13.9. The maximum atomic E-state index is 13.9. The molecule has 0 heterocycles. The SMILES string of the molecule is CC(C)c1cccc(-c2ccc(O)c3c2CC2CC4C(N(C)C)C(=O)C(C(N)=O)=C(O)C4(O)C(=O)C2=C3O)c1. The second kappa shape index (κ2) is 9.07. The van der Waals surface area contributed by atoms with Gasteiger partial charge in [0.05, 0.1) is 11.6 Å². The number of likely N-dealkylation sites (N-methyl/N-ethyl adjacent to an activating group) is 1. The Kier molecular flexibility index (Phi) is 6.19. The number of rotatable bonds is 4. The zero-order chi connectivity index (χ0) is 28.5. The van der Waals surface area contributed by atoms with E-state index in [1.807, 2.05) is 18.2 Å². The van der Waals surface area contributed by atoms with Crippen LogP contribution in [0.2, 0.25) is 0 Å². The molecule has 1 fully saturated rings. The van der Waals surface area contributed by atoms with Gasteiger partial charge in [0.15, 0.2) is 11.4 Å². The molecule has 39 heavy (non-hydrogen) atoms. The lowest BCUT2D eigenvalue weighted by atomic mass is 9.57. The Morgan fingerprint density at radius 1 is 1.10 bits per heavy atom. The van der Waals surface area contributed by atoms with E-state index in [1.165, 1.54) is 11.0 Å². The van der Waals surface area contributed by atoms with E-state index in [-0.39, 0.29) is 35.6 Å². The predicted molar refractivity (Wildman–Crippen MR) is 144 cm³/mol. The topological polar surface area (TPSA) is 161 Å². The summed E-state index contributed by atoms with van der Waals surface area (Å²) in [6.07, 6.45) is 0.289. The van der Waals surface area contributed by atoms with Gasteiger partial charge in [0.1, 0.15) is 22.8 Å². The lowest BCUT2D eigenvalue weighted by Gasteiger charge is -2.50. The smallest absolute Gasteiger partial charge is 0.255 e. The molecule has 5 rings (SSSR count). The number of hydrogen-bond acceptors (Lipinski definition) is 8. The number of amides is 1. The van der Waals surface area contributed by atoms with E-state index in [0.29, 0.717) is 5.56 Å². The van der Waals surface area contributed by atoms with Crippen LogP contribution < -0.4 is 5.73 Å². The van der Waals surface area contributed by atoms with E-state index in [2.05, 4.69) is 19.9 Å². The lowest BCUT2D eigenvalue weighted by molar-refractivity contribution is -0.153. The molecule has 1 saturated carbocycles. The van der Waals surface area contributed by atoms with Crippen LogP contribution in [0.15, 0.2) is 53.3 Å². The van der Waals surface area contributed by atoms with Crippen LogP contribution in [0.5, 0.6) is 5.75 Å². The predicted octanol–water partition coefficient (Wildman–Crippen LogP) is 2.75. The fraction of sp³-hybridized carbons (Fsp3) is 0.367. The molecule has 204 valence electrons. The van der Waals surface area contributed by atoms with Crippen molar-refractivity contribution in [3.63, 3.8) is 0 Å². The number of aromatic hydroxyl groups is 1. The molecule has 6 N–H and O–H groups in total. The fourth-order valence-electron chi connectivity index (χ4n) is 6.58. The lowest BCUT2D eigenvalue weighted by Crippen LogP contribution is -2.65. The number of primary amides is 1. The Morgan fingerprint density at radius 2 is 1.79 bits per heavy atom. The number of carbonyl (C=O) groups excluding carboxylic acids is 3. The minimum atomic E-state index is -2.65. The molecule has 0 bridgehead atoms. The van der Waals surface area contributed by atoms with Crippen LogP contribution in [0.4, 0.5) is 0 Å². The molecule has 3 aliphatic carbocycles. The standard InChI is InChI=1S/C30H32N2O7/c1-13(2)14-6-5-7-15(10-14)17-8-9-20(33)22-18(17)11-16-12-19-24(32(3)4)26(35)23(29(31)38)28(37)30(19,39)27(36)21(16)25(22)34/h5-10,13,16,19,24,33-34,37,39H,11-12H2,1-4H3,(H2,31,38). The first-order chi connectivity index (χ1) is 18.3. The molecule has 3 aliphatic rings. The van der Waals surface area contributed by atoms with Crippen molar-refractivity contribution < 1.29 is 34.8 Å². The zero-order valence-corrected chi connectivity index (χ0v) is 22.2. The highest BCUT2D eigenvalue weighted by Gasteiger charge is 2.64. The fourth-order valence-corrected chi connectivity index (χ4v) is 6.58. The number of Topliss-reactive ketones (excluding diaryl/α,β-unsaturated/α-hetero) is 2. The van der Waals surface area contributed by atoms with Crippen molar-refractivity contribution in [2.75, 3.05) is 14.1 Å². The summed E-state index contributed by atoms with van der Waals surface area (Å²) in [5, 5.41) is 44.9. The normalized spacial score (nSPS) is 26.6. The number of aliphatic hydroxyl groups excluding tert-OH is 2. The van der Waals surface area contributed by atoms with E-state index >= 15 is 0 Å². The van der Waals surface area contributed by atoms with Crippen molar-refractivity contribution >= 4 is 23.2 Å². The quantitative estimate of drug-likeness (QED) is 0.376. The molecule has 4 unspecified atom stereocenters. The first-order valence-corrected chi connectivity index (χ1v) is 12.9. The van der Waals surface area contributed by atoms with E-state index in [4.69, 9.17) is 5.73 Å². The van der Waals surface area contributed by atoms with Crippen LogP contribution in [0, 0.1) is 11.8 Å². The number of fused-ring (bicyclic) bond motifs is 3. The number of ketones is 2. The molecule has 0 saturated heterocycles. The van der Waals surface area contributed by atoms with E-state index in [9.17, 15) is 34.8 Å². The summed E-state index contributed by atoms with van der Waals surface area (Å²) in [5.74, 6) is -6.33. The second-order valence-electron chi connectivity index (χ2n) is 11.2. The highest BCUT2D eigenvalue weighted by molar-refractivity contribution is 6.24. The molecular weight excluding hydrogens is 500 g/mol. The number of phenols is 1. The average Bonchev–Trinajstić information content (AvgIpc) is 2.86. The van der Waals surface area contributed by atoms with Gasteiger partial charge in [0, 0.05) is 11.5 Å². The van der Waals surface area contributed by atoms with Gasteiger partial charge in [-0.05, 0) is 67.1 Å². The van der Waals surface area contributed by atoms with Gasteiger partial charge in [0.2, 0.25) is 5.78 Å².